The van der Waals surface area contributed by atoms with Gasteiger partial charge in [0.05, 0.1) is 19.1 Å². The van der Waals surface area contributed by atoms with Crippen LogP contribution in [0.5, 0.6) is 5.75 Å². The fraction of sp³-hybridized carbons (Fsp3) is 0.286. The summed E-state index contributed by atoms with van der Waals surface area (Å²) < 4.78 is 7.42. The highest BCUT2D eigenvalue weighted by Crippen LogP contribution is 2.27. The van der Waals surface area contributed by atoms with Crippen LogP contribution in [0.4, 0.5) is 0 Å². The second-order valence-corrected chi connectivity index (χ2v) is 3.90. The smallest absolute Gasteiger partial charge is 0.128 e. The second-order valence-electron chi connectivity index (χ2n) is 3.90. The van der Waals surface area contributed by atoms with E-state index in [0.717, 1.165) is 36.4 Å². The molecule has 0 spiro atoms. The van der Waals surface area contributed by atoms with Gasteiger partial charge in [-0.2, -0.15) is 0 Å². The largest absolute Gasteiger partial charge is 0.496 e. The van der Waals surface area contributed by atoms with E-state index in [1.54, 1.807) is 7.11 Å². The molecule has 0 aliphatic carbocycles. The van der Waals surface area contributed by atoms with Crippen LogP contribution in [0, 0.1) is 6.92 Å². The number of aromatic nitrogens is 2. The summed E-state index contributed by atoms with van der Waals surface area (Å²) in [6.07, 6.45) is 5.93. The first-order chi connectivity index (χ1) is 8.35. The molecule has 1 aromatic carbocycles. The molecule has 0 N–H and O–H groups in total. The number of methoxy groups -OCH3 is 1. The predicted molar refractivity (Wildman–Crippen MR) is 68.8 cm³/mol. The number of benzene rings is 1. The third-order valence-corrected chi connectivity index (χ3v) is 2.68. The van der Waals surface area contributed by atoms with E-state index in [2.05, 4.69) is 16.5 Å². The lowest BCUT2D eigenvalue weighted by atomic mass is 10.1. The average Bonchev–Trinajstić information content (AvgIpc) is 2.85. The van der Waals surface area contributed by atoms with E-state index in [4.69, 9.17) is 4.74 Å². The highest BCUT2D eigenvalue weighted by molar-refractivity contribution is 5.66. The zero-order valence-corrected chi connectivity index (χ0v) is 10.1. The van der Waals surface area contributed by atoms with Gasteiger partial charge in [-0.1, -0.05) is 25.5 Å². The Labute approximate surface area is 102 Å². The first-order valence-electron chi connectivity index (χ1n) is 5.79. The molecule has 2 aromatic rings. The van der Waals surface area contributed by atoms with Crippen molar-refractivity contribution in [2.45, 2.75) is 19.4 Å². The highest BCUT2D eigenvalue weighted by atomic mass is 16.5. The van der Waals surface area contributed by atoms with Crippen molar-refractivity contribution >= 4 is 0 Å². The summed E-state index contributed by atoms with van der Waals surface area (Å²) in [5.74, 6) is 0.856. The fourth-order valence-corrected chi connectivity index (χ4v) is 1.77. The number of unbranched alkanes of at least 4 members (excludes halogenated alkanes) is 1. The number of hydrogen-bond donors (Lipinski definition) is 0. The maximum atomic E-state index is 5.33. The lowest BCUT2D eigenvalue weighted by Gasteiger charge is -2.05. The van der Waals surface area contributed by atoms with Gasteiger partial charge in [-0.15, -0.1) is 0 Å². The maximum absolute atomic E-state index is 5.33. The highest BCUT2D eigenvalue weighted by Gasteiger charge is 2.07. The van der Waals surface area contributed by atoms with E-state index in [-0.39, 0.29) is 0 Å². The van der Waals surface area contributed by atoms with Crippen molar-refractivity contribution in [3.63, 3.8) is 0 Å². The Morgan fingerprint density at radius 1 is 1.35 bits per heavy atom. The molecule has 0 unspecified atom stereocenters. The Kier molecular flexibility index (Phi) is 3.81. The van der Waals surface area contributed by atoms with Crippen molar-refractivity contribution in [2.75, 3.05) is 7.11 Å². The lowest BCUT2D eigenvalue weighted by Crippen LogP contribution is -1.92. The SMILES string of the molecule is [CH2]CCCn1cnc(-c2ccccc2OC)c1. The summed E-state index contributed by atoms with van der Waals surface area (Å²) >= 11 is 0. The Bertz CT molecular complexity index is 477. The summed E-state index contributed by atoms with van der Waals surface area (Å²) in [5.41, 5.74) is 1.98. The van der Waals surface area contributed by atoms with Gasteiger partial charge in [0.2, 0.25) is 0 Å². The number of hydrogen-bond acceptors (Lipinski definition) is 2. The Morgan fingerprint density at radius 3 is 2.94 bits per heavy atom. The third kappa shape index (κ3) is 2.67. The molecule has 17 heavy (non-hydrogen) atoms. The van der Waals surface area contributed by atoms with Crippen LogP contribution in [0.25, 0.3) is 11.3 Å². The molecule has 1 radical (unpaired) electrons. The van der Waals surface area contributed by atoms with Gasteiger partial charge in [-0.25, -0.2) is 4.98 Å². The zero-order valence-electron chi connectivity index (χ0n) is 10.1. The summed E-state index contributed by atoms with van der Waals surface area (Å²) in [5, 5.41) is 0. The molecule has 3 heteroatoms. The molecule has 3 nitrogen and oxygen atoms in total. The summed E-state index contributed by atoms with van der Waals surface area (Å²) in [4.78, 5) is 4.41. The zero-order chi connectivity index (χ0) is 12.1. The van der Waals surface area contributed by atoms with Gasteiger partial charge in [0.25, 0.3) is 0 Å². The van der Waals surface area contributed by atoms with Crippen molar-refractivity contribution in [1.82, 2.24) is 9.55 Å². The Hall–Kier alpha value is -1.77. The van der Waals surface area contributed by atoms with Crippen LogP contribution in [0.2, 0.25) is 0 Å². The molecule has 0 saturated carbocycles. The number of aryl methyl sites for hydroxylation is 1. The summed E-state index contributed by atoms with van der Waals surface area (Å²) in [7, 11) is 1.68. The molecule has 0 atom stereocenters. The Balaban J connectivity index is 2.24. The molecule has 0 bridgehead atoms. The number of nitrogens with zero attached hydrogens (tertiary/aromatic N) is 2. The van der Waals surface area contributed by atoms with Crippen molar-refractivity contribution in [3.8, 4) is 17.0 Å². The van der Waals surface area contributed by atoms with E-state index in [9.17, 15) is 0 Å². The minimum absolute atomic E-state index is 0.856. The normalized spacial score (nSPS) is 10.5. The molecule has 2 rings (SSSR count). The van der Waals surface area contributed by atoms with Crippen molar-refractivity contribution < 1.29 is 4.74 Å². The van der Waals surface area contributed by atoms with Crippen molar-refractivity contribution in [3.05, 3.63) is 43.7 Å². The van der Waals surface area contributed by atoms with E-state index < -0.39 is 0 Å². The van der Waals surface area contributed by atoms with Crippen molar-refractivity contribution in [1.29, 1.82) is 0 Å². The number of para-hydroxylation sites is 1. The van der Waals surface area contributed by atoms with E-state index in [1.165, 1.54) is 0 Å². The minimum Gasteiger partial charge on any atom is -0.496 e. The van der Waals surface area contributed by atoms with Crippen LogP contribution in [-0.4, -0.2) is 16.7 Å². The Morgan fingerprint density at radius 2 is 2.18 bits per heavy atom. The van der Waals surface area contributed by atoms with Gasteiger partial charge >= 0.3 is 0 Å². The molecule has 0 aliphatic rings. The molecule has 0 amide bonds. The van der Waals surface area contributed by atoms with Crippen LogP contribution in [0.1, 0.15) is 12.8 Å². The van der Waals surface area contributed by atoms with E-state index >= 15 is 0 Å². The standard InChI is InChI=1S/C14H17N2O/c1-3-4-9-16-10-13(15-11-16)12-7-5-6-8-14(12)17-2/h5-8,10-11H,1,3-4,9H2,2H3. The van der Waals surface area contributed by atoms with Crippen LogP contribution in [0.15, 0.2) is 36.8 Å². The first kappa shape index (κ1) is 11.7. The quantitative estimate of drug-likeness (QED) is 0.787. The molecule has 0 fully saturated rings. The maximum Gasteiger partial charge on any atom is 0.128 e. The van der Waals surface area contributed by atoms with Gasteiger partial charge in [-0.05, 0) is 18.6 Å². The fourth-order valence-electron chi connectivity index (χ4n) is 1.77. The lowest BCUT2D eigenvalue weighted by molar-refractivity contribution is 0.416. The molecule has 1 heterocycles. The van der Waals surface area contributed by atoms with Gasteiger partial charge in [0, 0.05) is 18.3 Å². The number of ether oxygens (including phenoxy) is 1. The van der Waals surface area contributed by atoms with Crippen LogP contribution in [0.3, 0.4) is 0 Å². The monoisotopic (exact) mass is 229 g/mol. The molecule has 1 aromatic heterocycles. The topological polar surface area (TPSA) is 27.1 Å². The summed E-state index contributed by atoms with van der Waals surface area (Å²) in [6, 6.07) is 7.92. The number of imidazole rings is 1. The van der Waals surface area contributed by atoms with Gasteiger partial charge in [0.15, 0.2) is 0 Å². The number of rotatable bonds is 5. The average molecular weight is 229 g/mol. The predicted octanol–water partition coefficient (Wildman–Crippen LogP) is 3.17. The molecule has 0 saturated heterocycles. The molecular formula is C14H17N2O. The van der Waals surface area contributed by atoms with Crippen LogP contribution >= 0.6 is 0 Å². The van der Waals surface area contributed by atoms with Gasteiger partial charge in [0.1, 0.15) is 5.75 Å². The second kappa shape index (κ2) is 5.53. The molecular weight excluding hydrogens is 212 g/mol. The molecule has 0 aliphatic heterocycles. The summed E-state index contributed by atoms with van der Waals surface area (Å²) in [6.45, 7) is 4.80. The minimum atomic E-state index is 0.856. The van der Waals surface area contributed by atoms with E-state index in [0.29, 0.717) is 0 Å². The van der Waals surface area contributed by atoms with Crippen LogP contribution in [-0.2, 0) is 6.54 Å². The molecule has 89 valence electrons. The third-order valence-electron chi connectivity index (χ3n) is 2.68. The van der Waals surface area contributed by atoms with Crippen molar-refractivity contribution in [2.24, 2.45) is 0 Å². The van der Waals surface area contributed by atoms with Crippen LogP contribution < -0.4 is 4.74 Å². The van der Waals surface area contributed by atoms with Gasteiger partial charge in [-0.3, -0.25) is 0 Å². The first-order valence-corrected chi connectivity index (χ1v) is 5.79. The van der Waals surface area contributed by atoms with Gasteiger partial charge < -0.3 is 9.30 Å². The van der Waals surface area contributed by atoms with E-state index in [1.807, 2.05) is 36.8 Å².